The Morgan fingerprint density at radius 1 is 1.54 bits per heavy atom. The second-order valence-electron chi connectivity index (χ2n) is 3.77. The second kappa shape index (κ2) is 8.03. The lowest BCUT2D eigenvalue weighted by molar-refractivity contribution is -0.108. The van der Waals surface area contributed by atoms with Gasteiger partial charge in [0.1, 0.15) is 6.29 Å². The van der Waals surface area contributed by atoms with E-state index in [4.69, 9.17) is 0 Å². The molecule has 0 fully saturated rings. The van der Waals surface area contributed by atoms with Gasteiger partial charge in [0.05, 0.1) is 0 Å². The molecule has 1 nitrogen and oxygen atoms in total. The highest BCUT2D eigenvalue weighted by atomic mass is 16.1. The van der Waals surface area contributed by atoms with E-state index in [9.17, 15) is 4.79 Å². The topological polar surface area (TPSA) is 17.1 Å². The van der Waals surface area contributed by atoms with Gasteiger partial charge in [0.25, 0.3) is 0 Å². The fourth-order valence-electron chi connectivity index (χ4n) is 1.52. The van der Waals surface area contributed by atoms with Crippen LogP contribution >= 0.6 is 0 Å². The van der Waals surface area contributed by atoms with Gasteiger partial charge in [-0.1, -0.05) is 31.9 Å². The molecule has 0 saturated heterocycles. The normalized spacial score (nSPS) is 21.2. The lowest BCUT2D eigenvalue weighted by Gasteiger charge is -2.16. The van der Waals surface area contributed by atoms with Crippen molar-refractivity contribution in [1.29, 1.82) is 0 Å². The summed E-state index contributed by atoms with van der Waals surface area (Å²) in [5, 5.41) is 0. The molecule has 0 radical (unpaired) electrons. The predicted molar refractivity (Wildman–Crippen MR) is 57.7 cm³/mol. The Balaban J connectivity index is 0.000000424. The van der Waals surface area contributed by atoms with E-state index in [1.54, 1.807) is 0 Å². The zero-order chi connectivity index (χ0) is 10.1. The van der Waals surface area contributed by atoms with Gasteiger partial charge in [-0.2, -0.15) is 0 Å². The van der Waals surface area contributed by atoms with Crippen molar-refractivity contribution in [2.24, 2.45) is 5.92 Å². The Morgan fingerprint density at radius 2 is 2.15 bits per heavy atom. The van der Waals surface area contributed by atoms with Crippen LogP contribution < -0.4 is 0 Å². The molecule has 76 valence electrons. The highest BCUT2D eigenvalue weighted by Crippen LogP contribution is 2.23. The minimum Gasteiger partial charge on any atom is -0.303 e. The van der Waals surface area contributed by atoms with Crippen molar-refractivity contribution in [2.45, 2.75) is 52.9 Å². The van der Waals surface area contributed by atoms with Crippen molar-refractivity contribution in [2.75, 3.05) is 0 Å². The minimum atomic E-state index is 0.547. The Kier molecular flexibility index (Phi) is 7.66. The predicted octanol–water partition coefficient (Wildman–Crippen LogP) is 3.74. The maximum absolute atomic E-state index is 10.2. The summed E-state index contributed by atoms with van der Waals surface area (Å²) < 4.78 is 0. The molecule has 0 aliphatic heterocycles. The first-order chi connectivity index (χ1) is 6.24. The largest absolute Gasteiger partial charge is 0.303 e. The summed E-state index contributed by atoms with van der Waals surface area (Å²) in [5.74, 6) is 0.547. The van der Waals surface area contributed by atoms with Gasteiger partial charge in [-0.3, -0.25) is 0 Å². The van der Waals surface area contributed by atoms with Gasteiger partial charge in [-0.25, -0.2) is 0 Å². The van der Waals surface area contributed by atoms with Crippen LogP contribution in [-0.4, -0.2) is 6.29 Å². The van der Waals surface area contributed by atoms with Crippen LogP contribution in [0.2, 0.25) is 0 Å². The molecule has 0 spiro atoms. The average Bonchev–Trinajstić information content (AvgIpc) is 2.06. The third-order valence-corrected chi connectivity index (χ3v) is 2.07. The second-order valence-corrected chi connectivity index (χ2v) is 3.77. The van der Waals surface area contributed by atoms with Crippen molar-refractivity contribution < 1.29 is 4.79 Å². The van der Waals surface area contributed by atoms with Gasteiger partial charge >= 0.3 is 0 Å². The van der Waals surface area contributed by atoms with Crippen LogP contribution in [0, 0.1) is 5.92 Å². The summed E-state index contributed by atoms with van der Waals surface area (Å²) in [4.78, 5) is 10.2. The van der Waals surface area contributed by atoms with E-state index in [0.29, 0.717) is 5.92 Å². The fraction of sp³-hybridized carbons (Fsp3) is 0.750. The molecular formula is C12H22O. The molecule has 0 N–H and O–H groups in total. The third kappa shape index (κ3) is 6.56. The number of aldehydes is 1. The Labute approximate surface area is 82.2 Å². The van der Waals surface area contributed by atoms with Crippen LogP contribution in [-0.2, 0) is 4.79 Å². The summed E-state index contributed by atoms with van der Waals surface area (Å²) in [6.45, 7) is 6.40. The molecule has 1 aliphatic rings. The maximum Gasteiger partial charge on any atom is 0.120 e. The molecule has 0 heterocycles. The van der Waals surface area contributed by atoms with Crippen LogP contribution in [0.1, 0.15) is 52.9 Å². The van der Waals surface area contributed by atoms with Gasteiger partial charge in [0, 0.05) is 6.42 Å². The molecule has 0 bridgehead atoms. The zero-order valence-electron chi connectivity index (χ0n) is 9.18. The van der Waals surface area contributed by atoms with Crippen LogP contribution in [0.3, 0.4) is 0 Å². The van der Waals surface area contributed by atoms with Gasteiger partial charge < -0.3 is 4.79 Å². The summed E-state index contributed by atoms with van der Waals surface area (Å²) in [7, 11) is 0. The standard InChI is InChI=1S/C9H14O.C3H8/c1-8-3-2-4-9(7-8)5-6-10;1-3-2/h6-7,9H,2-5H2,1H3;3H2,1-2H3/t9-;/m0./s1. The van der Waals surface area contributed by atoms with E-state index in [2.05, 4.69) is 26.8 Å². The van der Waals surface area contributed by atoms with E-state index < -0.39 is 0 Å². The number of rotatable bonds is 2. The van der Waals surface area contributed by atoms with Crippen LogP contribution in [0.25, 0.3) is 0 Å². The number of hydrogen-bond donors (Lipinski definition) is 0. The van der Waals surface area contributed by atoms with E-state index >= 15 is 0 Å². The van der Waals surface area contributed by atoms with Crippen LogP contribution in [0.15, 0.2) is 11.6 Å². The average molecular weight is 182 g/mol. The molecule has 0 aromatic heterocycles. The fourth-order valence-corrected chi connectivity index (χ4v) is 1.52. The van der Waals surface area contributed by atoms with E-state index in [1.165, 1.54) is 31.3 Å². The molecule has 0 aromatic carbocycles. The Hall–Kier alpha value is -0.590. The summed E-state index contributed by atoms with van der Waals surface area (Å²) in [6.07, 6.45) is 8.95. The van der Waals surface area contributed by atoms with Crippen molar-refractivity contribution in [1.82, 2.24) is 0 Å². The van der Waals surface area contributed by atoms with Crippen molar-refractivity contribution in [3.8, 4) is 0 Å². The van der Waals surface area contributed by atoms with Gasteiger partial charge in [-0.05, 0) is 32.1 Å². The van der Waals surface area contributed by atoms with Gasteiger partial charge in [0.2, 0.25) is 0 Å². The molecule has 0 unspecified atom stereocenters. The van der Waals surface area contributed by atoms with Crippen LogP contribution in [0.5, 0.6) is 0 Å². The molecule has 0 amide bonds. The molecule has 0 saturated carbocycles. The lowest BCUT2D eigenvalue weighted by atomic mass is 9.89. The molecule has 0 aromatic rings. The first-order valence-corrected chi connectivity index (χ1v) is 5.35. The number of allylic oxidation sites excluding steroid dienone is 2. The number of carbonyl (C=O) groups excluding carboxylic acids is 1. The molecular weight excluding hydrogens is 160 g/mol. The summed E-state index contributed by atoms with van der Waals surface area (Å²) >= 11 is 0. The first-order valence-electron chi connectivity index (χ1n) is 5.35. The zero-order valence-corrected chi connectivity index (χ0v) is 9.18. The third-order valence-electron chi connectivity index (χ3n) is 2.07. The number of carbonyl (C=O) groups is 1. The molecule has 1 rings (SSSR count). The first kappa shape index (κ1) is 12.4. The maximum atomic E-state index is 10.2. The van der Waals surface area contributed by atoms with Crippen LogP contribution in [0.4, 0.5) is 0 Å². The molecule has 13 heavy (non-hydrogen) atoms. The quantitative estimate of drug-likeness (QED) is 0.469. The highest BCUT2D eigenvalue weighted by molar-refractivity contribution is 5.50. The van der Waals surface area contributed by atoms with E-state index in [0.717, 1.165) is 12.7 Å². The molecule has 1 atom stereocenters. The Morgan fingerprint density at radius 3 is 2.62 bits per heavy atom. The molecule has 1 aliphatic carbocycles. The summed E-state index contributed by atoms with van der Waals surface area (Å²) in [6, 6.07) is 0. The van der Waals surface area contributed by atoms with Gasteiger partial charge in [-0.15, -0.1) is 0 Å². The van der Waals surface area contributed by atoms with Crippen molar-refractivity contribution >= 4 is 6.29 Å². The Bertz CT molecular complexity index is 159. The van der Waals surface area contributed by atoms with E-state index in [-0.39, 0.29) is 0 Å². The minimum absolute atomic E-state index is 0.547. The lowest BCUT2D eigenvalue weighted by Crippen LogP contribution is -2.03. The monoisotopic (exact) mass is 182 g/mol. The van der Waals surface area contributed by atoms with Crippen molar-refractivity contribution in [3.05, 3.63) is 11.6 Å². The highest BCUT2D eigenvalue weighted by Gasteiger charge is 2.09. The number of hydrogen-bond acceptors (Lipinski definition) is 1. The molecule has 1 heteroatoms. The SMILES string of the molecule is CC1=C[C@H](CC=O)CCC1.CCC. The van der Waals surface area contributed by atoms with E-state index in [1.807, 2.05) is 0 Å². The van der Waals surface area contributed by atoms with Crippen molar-refractivity contribution in [3.63, 3.8) is 0 Å². The smallest absolute Gasteiger partial charge is 0.120 e. The summed E-state index contributed by atoms with van der Waals surface area (Å²) in [5.41, 5.74) is 1.46. The van der Waals surface area contributed by atoms with Gasteiger partial charge in [0.15, 0.2) is 0 Å².